The highest BCUT2D eigenvalue weighted by molar-refractivity contribution is 9.10. The third-order valence-corrected chi connectivity index (χ3v) is 4.53. The minimum absolute atomic E-state index is 0.0569. The van der Waals surface area contributed by atoms with Gasteiger partial charge in [0, 0.05) is 0 Å². The van der Waals surface area contributed by atoms with Crippen molar-refractivity contribution in [3.63, 3.8) is 0 Å². The number of aliphatic carboxylic acids is 1. The van der Waals surface area contributed by atoms with E-state index in [4.69, 9.17) is 0 Å². The van der Waals surface area contributed by atoms with Crippen molar-refractivity contribution < 1.29 is 19.1 Å². The number of carboxylic acids is 1. The minimum Gasteiger partial charge on any atom is -0.481 e. The van der Waals surface area contributed by atoms with Gasteiger partial charge in [0.05, 0.1) is 21.0 Å². The first-order valence-corrected chi connectivity index (χ1v) is 6.80. The molecule has 110 valence electrons. The lowest BCUT2D eigenvalue weighted by atomic mass is 9.74. The predicted molar refractivity (Wildman–Crippen MR) is 77.1 cm³/mol. The standard InChI is InChI=1S/C14H17BrFNO3/c1-13(2,12(19)20)14(3,4)17-11(18)8-6-5-7-9(16)10(8)15/h5-7H,1-4H3,(H,17,18)(H,19,20). The van der Waals surface area contributed by atoms with Crippen LogP contribution in [-0.4, -0.2) is 22.5 Å². The normalized spacial score (nSPS) is 12.1. The number of amides is 1. The van der Waals surface area contributed by atoms with Gasteiger partial charge in [0.1, 0.15) is 5.82 Å². The number of hydrogen-bond donors (Lipinski definition) is 2. The summed E-state index contributed by atoms with van der Waals surface area (Å²) in [6.07, 6.45) is 0. The van der Waals surface area contributed by atoms with Crippen LogP contribution in [0.25, 0.3) is 0 Å². The molecule has 1 aromatic rings. The number of carbonyl (C=O) groups excluding carboxylic acids is 1. The van der Waals surface area contributed by atoms with Crippen LogP contribution in [0.1, 0.15) is 38.1 Å². The molecule has 4 nitrogen and oxygen atoms in total. The van der Waals surface area contributed by atoms with E-state index in [1.807, 2.05) is 0 Å². The topological polar surface area (TPSA) is 66.4 Å². The van der Waals surface area contributed by atoms with Crippen molar-refractivity contribution in [2.24, 2.45) is 5.41 Å². The summed E-state index contributed by atoms with van der Waals surface area (Å²) in [7, 11) is 0. The average molecular weight is 346 g/mol. The number of nitrogens with one attached hydrogen (secondary N) is 1. The van der Waals surface area contributed by atoms with Crippen LogP contribution in [0.15, 0.2) is 22.7 Å². The van der Waals surface area contributed by atoms with Gasteiger partial charge in [0.25, 0.3) is 5.91 Å². The second-order valence-electron chi connectivity index (χ2n) is 5.61. The maximum atomic E-state index is 13.4. The first kappa shape index (κ1) is 16.6. The fraction of sp³-hybridized carbons (Fsp3) is 0.429. The quantitative estimate of drug-likeness (QED) is 0.880. The van der Waals surface area contributed by atoms with Crippen LogP contribution in [0, 0.1) is 11.2 Å². The molecule has 0 aliphatic rings. The van der Waals surface area contributed by atoms with E-state index in [9.17, 15) is 19.1 Å². The maximum Gasteiger partial charge on any atom is 0.311 e. The summed E-state index contributed by atoms with van der Waals surface area (Å²) >= 11 is 3.02. The van der Waals surface area contributed by atoms with Crippen molar-refractivity contribution >= 4 is 27.8 Å². The van der Waals surface area contributed by atoms with Gasteiger partial charge in [-0.05, 0) is 55.8 Å². The highest BCUT2D eigenvalue weighted by Crippen LogP contribution is 2.31. The van der Waals surface area contributed by atoms with Gasteiger partial charge in [-0.25, -0.2) is 4.39 Å². The summed E-state index contributed by atoms with van der Waals surface area (Å²) in [5, 5.41) is 11.9. The molecule has 2 N–H and O–H groups in total. The Kier molecular flexibility index (Phi) is 4.59. The summed E-state index contributed by atoms with van der Waals surface area (Å²) in [6.45, 7) is 6.28. The van der Waals surface area contributed by atoms with E-state index in [0.29, 0.717) is 0 Å². The van der Waals surface area contributed by atoms with Gasteiger partial charge in [-0.15, -0.1) is 0 Å². The molecular weight excluding hydrogens is 329 g/mol. The molecule has 0 fully saturated rings. The van der Waals surface area contributed by atoms with Gasteiger partial charge < -0.3 is 10.4 Å². The molecule has 0 radical (unpaired) electrons. The zero-order valence-corrected chi connectivity index (χ0v) is 13.3. The lowest BCUT2D eigenvalue weighted by Gasteiger charge is -2.38. The molecule has 0 aliphatic carbocycles. The summed E-state index contributed by atoms with van der Waals surface area (Å²) in [5.74, 6) is -2.11. The van der Waals surface area contributed by atoms with Crippen LogP contribution >= 0.6 is 15.9 Å². The summed E-state index contributed by atoms with van der Waals surface area (Å²) in [6, 6.07) is 4.11. The maximum absolute atomic E-state index is 13.4. The zero-order valence-electron chi connectivity index (χ0n) is 11.8. The molecule has 20 heavy (non-hydrogen) atoms. The van der Waals surface area contributed by atoms with Gasteiger partial charge in [-0.3, -0.25) is 9.59 Å². The van der Waals surface area contributed by atoms with Gasteiger partial charge in [0.2, 0.25) is 0 Å². The summed E-state index contributed by atoms with van der Waals surface area (Å²) < 4.78 is 13.5. The van der Waals surface area contributed by atoms with E-state index < -0.39 is 28.6 Å². The van der Waals surface area contributed by atoms with Crippen LogP contribution in [-0.2, 0) is 4.79 Å². The molecule has 0 saturated heterocycles. The molecule has 0 spiro atoms. The molecule has 0 atom stereocenters. The van der Waals surface area contributed by atoms with Crippen molar-refractivity contribution in [1.82, 2.24) is 5.32 Å². The fourth-order valence-corrected chi connectivity index (χ4v) is 1.90. The van der Waals surface area contributed by atoms with Crippen LogP contribution in [0.2, 0.25) is 0 Å². The van der Waals surface area contributed by atoms with E-state index in [1.54, 1.807) is 13.8 Å². The van der Waals surface area contributed by atoms with Crippen molar-refractivity contribution in [1.29, 1.82) is 0 Å². The molecule has 0 aliphatic heterocycles. The lowest BCUT2D eigenvalue weighted by Crippen LogP contribution is -2.57. The number of carbonyl (C=O) groups is 2. The first-order valence-electron chi connectivity index (χ1n) is 6.00. The summed E-state index contributed by atoms with van der Waals surface area (Å²) in [4.78, 5) is 23.5. The largest absolute Gasteiger partial charge is 0.481 e. The fourth-order valence-electron chi connectivity index (χ4n) is 1.45. The van der Waals surface area contributed by atoms with E-state index in [0.717, 1.165) is 0 Å². The number of benzene rings is 1. The minimum atomic E-state index is -1.18. The average Bonchev–Trinajstić information content (AvgIpc) is 2.31. The third-order valence-electron chi connectivity index (χ3n) is 3.72. The van der Waals surface area contributed by atoms with Crippen LogP contribution < -0.4 is 5.32 Å². The van der Waals surface area contributed by atoms with Crippen LogP contribution in [0.5, 0.6) is 0 Å². The zero-order chi connectivity index (χ0) is 15.7. The number of hydrogen-bond acceptors (Lipinski definition) is 2. The molecule has 0 bridgehead atoms. The molecule has 0 aromatic heterocycles. The van der Waals surface area contributed by atoms with Crippen molar-refractivity contribution in [2.45, 2.75) is 33.2 Å². The molecule has 0 heterocycles. The van der Waals surface area contributed by atoms with Gasteiger partial charge in [-0.1, -0.05) is 6.07 Å². The Morgan fingerprint density at radius 3 is 2.30 bits per heavy atom. The van der Waals surface area contributed by atoms with Crippen molar-refractivity contribution in [2.75, 3.05) is 0 Å². The molecule has 1 rings (SSSR count). The molecule has 1 amide bonds. The van der Waals surface area contributed by atoms with E-state index in [2.05, 4.69) is 21.2 Å². The smallest absolute Gasteiger partial charge is 0.311 e. The van der Waals surface area contributed by atoms with Crippen molar-refractivity contribution in [3.8, 4) is 0 Å². The Balaban J connectivity index is 3.07. The Hall–Kier alpha value is -1.43. The highest BCUT2D eigenvalue weighted by atomic mass is 79.9. The molecule has 0 unspecified atom stereocenters. The van der Waals surface area contributed by atoms with Gasteiger partial charge in [-0.2, -0.15) is 0 Å². The second kappa shape index (κ2) is 5.52. The van der Waals surface area contributed by atoms with E-state index >= 15 is 0 Å². The highest BCUT2D eigenvalue weighted by Gasteiger charge is 2.44. The Labute approximate surface area is 125 Å². The SMILES string of the molecule is CC(C)(NC(=O)c1cccc(F)c1Br)C(C)(C)C(=O)O. The first-order chi connectivity index (χ1) is 9.00. The number of carboxylic acid groups (broad SMARTS) is 1. The third kappa shape index (κ3) is 3.00. The van der Waals surface area contributed by atoms with E-state index in [-0.39, 0.29) is 10.0 Å². The number of rotatable bonds is 4. The number of halogens is 2. The van der Waals surface area contributed by atoms with Crippen molar-refractivity contribution in [3.05, 3.63) is 34.1 Å². The lowest BCUT2D eigenvalue weighted by molar-refractivity contribution is -0.150. The summed E-state index contributed by atoms with van der Waals surface area (Å²) in [5.41, 5.74) is -2.07. The van der Waals surface area contributed by atoms with Crippen LogP contribution in [0.4, 0.5) is 4.39 Å². The van der Waals surface area contributed by atoms with Gasteiger partial charge in [0.15, 0.2) is 0 Å². The Bertz CT molecular complexity index is 555. The second-order valence-corrected chi connectivity index (χ2v) is 6.40. The predicted octanol–water partition coefficient (Wildman–Crippen LogP) is 3.21. The Morgan fingerprint density at radius 2 is 1.80 bits per heavy atom. The molecular formula is C14H17BrFNO3. The monoisotopic (exact) mass is 345 g/mol. The van der Waals surface area contributed by atoms with Crippen LogP contribution in [0.3, 0.4) is 0 Å². The molecule has 1 aromatic carbocycles. The Morgan fingerprint density at radius 1 is 1.25 bits per heavy atom. The molecule has 0 saturated carbocycles. The molecule has 6 heteroatoms. The van der Waals surface area contributed by atoms with Gasteiger partial charge >= 0.3 is 5.97 Å². The van der Waals surface area contributed by atoms with E-state index in [1.165, 1.54) is 32.0 Å².